The highest BCUT2D eigenvalue weighted by molar-refractivity contribution is 6.36. The number of benzene rings is 4. The molecule has 34 heavy (non-hydrogen) atoms. The molecule has 0 fully saturated rings. The van der Waals surface area contributed by atoms with E-state index >= 15 is 0 Å². The highest BCUT2D eigenvalue weighted by Crippen LogP contribution is 2.37. The monoisotopic (exact) mass is 498 g/mol. The summed E-state index contributed by atoms with van der Waals surface area (Å²) in [5, 5.41) is 2.29. The second kappa shape index (κ2) is 8.38. The maximum Gasteiger partial charge on any atom is 0.249 e. The van der Waals surface area contributed by atoms with Crippen LogP contribution in [0.4, 0.5) is 13.2 Å². The van der Waals surface area contributed by atoms with E-state index in [-0.39, 0.29) is 12.1 Å². The van der Waals surface area contributed by atoms with Gasteiger partial charge in [0.25, 0.3) is 0 Å². The van der Waals surface area contributed by atoms with E-state index in [9.17, 15) is 18.0 Å². The summed E-state index contributed by atoms with van der Waals surface area (Å²) in [6.07, 6.45) is 0. The Kier molecular flexibility index (Phi) is 5.50. The second-order valence-electron chi connectivity index (χ2n) is 7.88. The van der Waals surface area contributed by atoms with Crippen molar-refractivity contribution >= 4 is 50.9 Å². The van der Waals surface area contributed by atoms with E-state index in [0.29, 0.717) is 32.0 Å². The van der Waals surface area contributed by atoms with Crippen LogP contribution < -0.4 is 5.73 Å². The van der Waals surface area contributed by atoms with Crippen LogP contribution >= 0.6 is 23.2 Å². The van der Waals surface area contributed by atoms with Gasteiger partial charge in [0.05, 0.1) is 11.0 Å². The Balaban J connectivity index is 1.80. The van der Waals surface area contributed by atoms with Crippen LogP contribution in [0, 0.1) is 17.5 Å². The van der Waals surface area contributed by atoms with Crippen molar-refractivity contribution in [2.75, 3.05) is 0 Å². The van der Waals surface area contributed by atoms with Crippen molar-refractivity contribution in [3.05, 3.63) is 105 Å². The van der Waals surface area contributed by atoms with Gasteiger partial charge in [-0.25, -0.2) is 13.2 Å². The molecule has 0 saturated carbocycles. The average molecular weight is 499 g/mol. The lowest BCUT2D eigenvalue weighted by Crippen LogP contribution is -2.11. The highest BCUT2D eigenvalue weighted by Gasteiger charge is 2.19. The molecular formula is C26H15Cl2F3N2O. The van der Waals surface area contributed by atoms with Gasteiger partial charge in [0.2, 0.25) is 5.91 Å². The van der Waals surface area contributed by atoms with Crippen LogP contribution in [0.1, 0.15) is 15.9 Å². The smallest absolute Gasteiger partial charge is 0.249 e. The third-order valence-electron chi connectivity index (χ3n) is 5.78. The number of rotatable bonds is 4. The van der Waals surface area contributed by atoms with E-state index < -0.39 is 23.4 Å². The van der Waals surface area contributed by atoms with Crippen LogP contribution in [0.5, 0.6) is 0 Å². The summed E-state index contributed by atoms with van der Waals surface area (Å²) in [4.78, 5) is 12.2. The minimum Gasteiger partial charge on any atom is -0.366 e. The minimum atomic E-state index is -1.53. The molecule has 0 aliphatic heterocycles. The van der Waals surface area contributed by atoms with Crippen LogP contribution in [0.3, 0.4) is 0 Å². The van der Waals surface area contributed by atoms with E-state index in [1.807, 2.05) is 18.2 Å². The SMILES string of the molecule is NC(=O)c1cccc2c1c1ccc(-c3ccc(Cl)cc3Cl)cc1n2Cc1cc(F)c(F)c(F)c1. The first-order valence-electron chi connectivity index (χ1n) is 10.2. The Morgan fingerprint density at radius 1 is 0.882 bits per heavy atom. The van der Waals surface area contributed by atoms with Gasteiger partial charge in [-0.15, -0.1) is 0 Å². The van der Waals surface area contributed by atoms with Crippen LogP contribution in [0.2, 0.25) is 10.0 Å². The lowest BCUT2D eigenvalue weighted by atomic mass is 10.0. The summed E-state index contributed by atoms with van der Waals surface area (Å²) in [7, 11) is 0. The molecule has 0 spiro atoms. The van der Waals surface area contributed by atoms with E-state index in [2.05, 4.69) is 0 Å². The molecule has 1 aromatic heterocycles. The van der Waals surface area contributed by atoms with Gasteiger partial charge in [-0.2, -0.15) is 0 Å². The standard InChI is InChI=1S/C26H15Cl2F3N2O/c27-15-5-7-16(19(28)11-15)14-4-6-17-23(10-14)33(12-13-8-20(29)25(31)21(30)9-13)22-3-1-2-18(24(17)22)26(32)34/h1-11H,12H2,(H2,32,34). The van der Waals surface area contributed by atoms with Gasteiger partial charge in [-0.3, -0.25) is 4.79 Å². The Hall–Kier alpha value is -3.48. The second-order valence-corrected chi connectivity index (χ2v) is 8.72. The molecule has 170 valence electrons. The first-order valence-corrected chi connectivity index (χ1v) is 10.9. The molecule has 0 atom stereocenters. The topological polar surface area (TPSA) is 48.0 Å². The van der Waals surface area contributed by atoms with Crippen molar-refractivity contribution in [3.8, 4) is 11.1 Å². The predicted molar refractivity (Wildman–Crippen MR) is 129 cm³/mol. The van der Waals surface area contributed by atoms with E-state index in [0.717, 1.165) is 28.6 Å². The average Bonchev–Trinajstić information content (AvgIpc) is 3.10. The van der Waals surface area contributed by atoms with E-state index in [4.69, 9.17) is 28.9 Å². The molecular weight excluding hydrogens is 484 g/mol. The lowest BCUT2D eigenvalue weighted by Gasteiger charge is -2.11. The van der Waals surface area contributed by atoms with E-state index in [1.54, 1.807) is 41.0 Å². The lowest BCUT2D eigenvalue weighted by molar-refractivity contribution is 0.100. The Labute approximate surface area is 202 Å². The minimum absolute atomic E-state index is 0.0220. The molecule has 8 heteroatoms. The van der Waals surface area contributed by atoms with Gasteiger partial charge in [0.15, 0.2) is 17.5 Å². The first-order chi connectivity index (χ1) is 16.2. The Morgan fingerprint density at radius 3 is 2.29 bits per heavy atom. The van der Waals surface area contributed by atoms with Crippen LogP contribution in [-0.4, -0.2) is 10.5 Å². The van der Waals surface area contributed by atoms with Crippen molar-refractivity contribution in [1.82, 2.24) is 4.57 Å². The summed E-state index contributed by atoms with van der Waals surface area (Å²) >= 11 is 12.4. The molecule has 2 N–H and O–H groups in total. The number of amides is 1. The summed E-state index contributed by atoms with van der Waals surface area (Å²) in [6.45, 7) is 0.0220. The maximum absolute atomic E-state index is 13.9. The summed E-state index contributed by atoms with van der Waals surface area (Å²) < 4.78 is 43.2. The van der Waals surface area contributed by atoms with Crippen molar-refractivity contribution in [3.63, 3.8) is 0 Å². The van der Waals surface area contributed by atoms with Gasteiger partial charge < -0.3 is 10.3 Å². The zero-order valence-electron chi connectivity index (χ0n) is 17.4. The van der Waals surface area contributed by atoms with Gasteiger partial charge in [0, 0.05) is 38.5 Å². The number of fused-ring (bicyclic) bond motifs is 3. The molecule has 0 saturated heterocycles. The number of nitrogens with zero attached hydrogens (tertiary/aromatic N) is 1. The molecule has 0 aliphatic rings. The van der Waals surface area contributed by atoms with Gasteiger partial charge >= 0.3 is 0 Å². The molecule has 0 unspecified atom stereocenters. The molecule has 1 amide bonds. The third kappa shape index (κ3) is 3.69. The molecule has 0 aliphatic carbocycles. The Bertz CT molecular complexity index is 1610. The van der Waals surface area contributed by atoms with Crippen molar-refractivity contribution in [2.45, 2.75) is 6.54 Å². The summed E-state index contributed by atoms with van der Waals surface area (Å²) in [5.41, 5.74) is 8.98. The zero-order chi connectivity index (χ0) is 24.1. The summed E-state index contributed by atoms with van der Waals surface area (Å²) in [5.74, 6) is -4.68. The maximum atomic E-state index is 13.9. The quantitative estimate of drug-likeness (QED) is 0.259. The first kappa shape index (κ1) is 22.3. The molecule has 0 radical (unpaired) electrons. The van der Waals surface area contributed by atoms with Crippen LogP contribution in [0.25, 0.3) is 32.9 Å². The number of aromatic nitrogens is 1. The van der Waals surface area contributed by atoms with Crippen LogP contribution in [0.15, 0.2) is 66.7 Å². The molecule has 5 rings (SSSR count). The zero-order valence-corrected chi connectivity index (χ0v) is 18.9. The fourth-order valence-electron chi connectivity index (χ4n) is 4.29. The van der Waals surface area contributed by atoms with Crippen LogP contribution in [-0.2, 0) is 6.54 Å². The highest BCUT2D eigenvalue weighted by atomic mass is 35.5. The molecule has 0 bridgehead atoms. The van der Waals surface area contributed by atoms with Gasteiger partial charge in [-0.05, 0) is 53.6 Å². The van der Waals surface area contributed by atoms with Crippen molar-refractivity contribution < 1.29 is 18.0 Å². The number of halogens is 5. The molecule has 1 heterocycles. The molecule has 5 aromatic rings. The largest absolute Gasteiger partial charge is 0.366 e. The number of hydrogen-bond acceptors (Lipinski definition) is 1. The normalized spacial score (nSPS) is 11.4. The Morgan fingerprint density at radius 2 is 1.62 bits per heavy atom. The predicted octanol–water partition coefficient (Wildman–Crippen LogP) is 7.33. The summed E-state index contributed by atoms with van der Waals surface area (Å²) in [6, 6.07) is 17.7. The number of nitrogens with two attached hydrogens (primary N) is 1. The number of primary amides is 1. The number of carbonyl (C=O) groups excluding carboxylic acids is 1. The fraction of sp³-hybridized carbons (Fsp3) is 0.0385. The number of carbonyl (C=O) groups is 1. The third-order valence-corrected chi connectivity index (χ3v) is 6.33. The van der Waals surface area contributed by atoms with Crippen molar-refractivity contribution in [1.29, 1.82) is 0 Å². The molecule has 4 aromatic carbocycles. The van der Waals surface area contributed by atoms with E-state index in [1.165, 1.54) is 0 Å². The number of hydrogen-bond donors (Lipinski definition) is 1. The fourth-order valence-corrected chi connectivity index (χ4v) is 4.81. The molecule has 3 nitrogen and oxygen atoms in total. The van der Waals surface area contributed by atoms with Gasteiger partial charge in [0.1, 0.15) is 0 Å². The van der Waals surface area contributed by atoms with Gasteiger partial charge in [-0.1, -0.05) is 47.5 Å². The van der Waals surface area contributed by atoms with Crippen molar-refractivity contribution in [2.24, 2.45) is 5.73 Å².